The minimum Gasteiger partial charge on any atom is -0.482 e. The van der Waals surface area contributed by atoms with Crippen LogP contribution in [0.25, 0.3) is 0 Å². The van der Waals surface area contributed by atoms with Crippen molar-refractivity contribution in [2.75, 3.05) is 6.61 Å². The lowest BCUT2D eigenvalue weighted by Crippen LogP contribution is -2.30. The summed E-state index contributed by atoms with van der Waals surface area (Å²) in [6.07, 6.45) is 5.89. The van der Waals surface area contributed by atoms with Crippen molar-refractivity contribution in [2.45, 2.75) is 45.6 Å². The number of carboxylic acid groups (broad SMARTS) is 1. The maximum absolute atomic E-state index is 10.2. The normalized spacial score (nSPS) is 27.0. The molecule has 4 nitrogen and oxygen atoms in total. The second-order valence-electron chi connectivity index (χ2n) is 6.65. The number of hydrogen-bond acceptors (Lipinski definition) is 3. The lowest BCUT2D eigenvalue weighted by molar-refractivity contribution is -0.139. The Labute approximate surface area is 132 Å². The Morgan fingerprint density at radius 2 is 2.09 bits per heavy atom. The number of rotatable bonds is 4. The fraction of sp³-hybridized carbons (Fsp3) is 0.611. The van der Waals surface area contributed by atoms with Crippen LogP contribution in [-0.4, -0.2) is 23.7 Å². The predicted molar refractivity (Wildman–Crippen MR) is 86.9 cm³/mol. The zero-order valence-corrected chi connectivity index (χ0v) is 13.5. The Balaban J connectivity index is 0.000000162. The molecule has 4 atom stereocenters. The fourth-order valence-corrected chi connectivity index (χ4v) is 3.80. The highest BCUT2D eigenvalue weighted by atomic mass is 16.5. The molecular formula is C18H27NO3. The van der Waals surface area contributed by atoms with E-state index in [0.29, 0.717) is 11.8 Å². The van der Waals surface area contributed by atoms with Gasteiger partial charge in [0.15, 0.2) is 6.61 Å². The van der Waals surface area contributed by atoms with E-state index < -0.39 is 5.97 Å². The van der Waals surface area contributed by atoms with Crippen LogP contribution in [0, 0.1) is 24.7 Å². The van der Waals surface area contributed by atoms with Crippen LogP contribution >= 0.6 is 0 Å². The molecule has 3 N–H and O–H groups in total. The first kappa shape index (κ1) is 16.8. The van der Waals surface area contributed by atoms with Gasteiger partial charge in [0.1, 0.15) is 5.75 Å². The number of aliphatic carboxylic acids is 1. The summed E-state index contributed by atoms with van der Waals surface area (Å²) in [6.45, 7) is 3.76. The Morgan fingerprint density at radius 3 is 2.55 bits per heavy atom. The average molecular weight is 305 g/mol. The van der Waals surface area contributed by atoms with Crippen molar-refractivity contribution in [3.8, 4) is 5.75 Å². The number of benzene rings is 1. The third-order valence-corrected chi connectivity index (χ3v) is 4.91. The van der Waals surface area contributed by atoms with E-state index in [1.165, 1.54) is 25.7 Å². The van der Waals surface area contributed by atoms with Crippen LogP contribution in [0.3, 0.4) is 0 Å². The van der Waals surface area contributed by atoms with Crippen LogP contribution in [0.1, 0.15) is 38.2 Å². The minimum atomic E-state index is -0.960. The number of carbonyl (C=O) groups is 1. The van der Waals surface area contributed by atoms with Crippen molar-refractivity contribution in [3.05, 3.63) is 29.8 Å². The average Bonchev–Trinajstić information content (AvgIpc) is 3.10. The van der Waals surface area contributed by atoms with Gasteiger partial charge < -0.3 is 15.6 Å². The molecule has 2 aliphatic rings. The topological polar surface area (TPSA) is 72.5 Å². The SMILES string of the molecule is CC(N)C1CC2CCC1C2.Cc1ccccc1OCC(=O)O. The van der Waals surface area contributed by atoms with Gasteiger partial charge in [0, 0.05) is 6.04 Å². The number of aryl methyl sites for hydroxylation is 1. The largest absolute Gasteiger partial charge is 0.482 e. The highest BCUT2D eigenvalue weighted by Crippen LogP contribution is 2.49. The number of nitrogens with two attached hydrogens (primary N) is 1. The van der Waals surface area contributed by atoms with Crippen LogP contribution in [0.4, 0.5) is 0 Å². The van der Waals surface area contributed by atoms with Crippen LogP contribution in [0.15, 0.2) is 24.3 Å². The van der Waals surface area contributed by atoms with Gasteiger partial charge in [0.05, 0.1) is 0 Å². The quantitative estimate of drug-likeness (QED) is 0.896. The van der Waals surface area contributed by atoms with Crippen LogP contribution in [0.2, 0.25) is 0 Å². The van der Waals surface area contributed by atoms with Crippen molar-refractivity contribution in [1.82, 2.24) is 0 Å². The van der Waals surface area contributed by atoms with E-state index in [-0.39, 0.29) is 6.61 Å². The van der Waals surface area contributed by atoms with Gasteiger partial charge in [-0.3, -0.25) is 0 Å². The molecule has 22 heavy (non-hydrogen) atoms. The van der Waals surface area contributed by atoms with E-state index in [2.05, 4.69) is 6.92 Å². The molecule has 2 aliphatic carbocycles. The van der Waals surface area contributed by atoms with Gasteiger partial charge in [-0.2, -0.15) is 0 Å². The number of ether oxygens (including phenoxy) is 1. The lowest BCUT2D eigenvalue weighted by Gasteiger charge is -2.24. The summed E-state index contributed by atoms with van der Waals surface area (Å²) >= 11 is 0. The summed E-state index contributed by atoms with van der Waals surface area (Å²) in [6, 6.07) is 7.76. The van der Waals surface area contributed by atoms with Crippen molar-refractivity contribution in [2.24, 2.45) is 23.5 Å². The fourth-order valence-electron chi connectivity index (χ4n) is 3.80. The molecule has 0 radical (unpaired) electrons. The molecule has 4 heteroatoms. The number of fused-ring (bicyclic) bond motifs is 2. The summed E-state index contributed by atoms with van der Waals surface area (Å²) in [5, 5.41) is 8.34. The van der Waals surface area contributed by atoms with Gasteiger partial charge in [0.2, 0.25) is 0 Å². The van der Waals surface area contributed by atoms with Crippen molar-refractivity contribution < 1.29 is 14.6 Å². The van der Waals surface area contributed by atoms with Crippen molar-refractivity contribution >= 4 is 5.97 Å². The molecule has 3 rings (SSSR count). The highest BCUT2D eigenvalue weighted by Gasteiger charge is 2.40. The van der Waals surface area contributed by atoms with E-state index in [9.17, 15) is 4.79 Å². The number of hydrogen-bond donors (Lipinski definition) is 2. The van der Waals surface area contributed by atoms with E-state index >= 15 is 0 Å². The zero-order valence-electron chi connectivity index (χ0n) is 13.5. The van der Waals surface area contributed by atoms with Gasteiger partial charge in [-0.25, -0.2) is 4.79 Å². The number of carboxylic acids is 1. The molecule has 0 amide bonds. The van der Waals surface area contributed by atoms with Crippen molar-refractivity contribution in [1.29, 1.82) is 0 Å². The molecule has 0 aromatic heterocycles. The summed E-state index contributed by atoms with van der Waals surface area (Å²) in [7, 11) is 0. The zero-order chi connectivity index (χ0) is 16.1. The first-order valence-corrected chi connectivity index (χ1v) is 8.13. The molecule has 4 unspecified atom stereocenters. The Morgan fingerprint density at radius 1 is 1.36 bits per heavy atom. The number of para-hydroxylation sites is 1. The molecule has 1 aromatic carbocycles. The smallest absolute Gasteiger partial charge is 0.341 e. The minimum absolute atomic E-state index is 0.287. The molecule has 0 heterocycles. The van der Waals surface area contributed by atoms with E-state index in [1.807, 2.05) is 25.1 Å². The Kier molecular flexibility index (Phi) is 5.83. The molecule has 1 aromatic rings. The third-order valence-electron chi connectivity index (χ3n) is 4.91. The molecule has 0 aliphatic heterocycles. The molecule has 2 saturated carbocycles. The third kappa shape index (κ3) is 4.47. The van der Waals surface area contributed by atoms with Gasteiger partial charge in [0.25, 0.3) is 0 Å². The maximum Gasteiger partial charge on any atom is 0.341 e. The Bertz CT molecular complexity index is 501. The first-order chi connectivity index (χ1) is 10.5. The van der Waals surface area contributed by atoms with Crippen LogP contribution in [-0.2, 0) is 4.79 Å². The van der Waals surface area contributed by atoms with Gasteiger partial charge in [-0.15, -0.1) is 0 Å². The molecular weight excluding hydrogens is 278 g/mol. The standard InChI is InChI=1S/C9H17N.C9H10O3/c1-6(10)9-5-7-2-3-8(9)4-7;1-7-4-2-3-5-8(7)12-6-9(10)11/h6-9H,2-5,10H2,1H3;2-5H,6H2,1H3,(H,10,11). The van der Waals surface area contributed by atoms with Gasteiger partial charge in [-0.05, 0) is 62.5 Å². The van der Waals surface area contributed by atoms with E-state index in [1.54, 1.807) is 6.07 Å². The second-order valence-corrected chi connectivity index (χ2v) is 6.65. The molecule has 122 valence electrons. The Hall–Kier alpha value is -1.55. The van der Waals surface area contributed by atoms with Gasteiger partial charge in [-0.1, -0.05) is 24.6 Å². The van der Waals surface area contributed by atoms with Crippen LogP contribution in [0.5, 0.6) is 5.75 Å². The molecule has 0 spiro atoms. The molecule has 2 fully saturated rings. The van der Waals surface area contributed by atoms with E-state index in [0.717, 1.165) is 23.3 Å². The molecule has 0 saturated heterocycles. The summed E-state index contributed by atoms with van der Waals surface area (Å²) in [4.78, 5) is 10.2. The maximum atomic E-state index is 10.2. The lowest BCUT2D eigenvalue weighted by atomic mass is 9.84. The summed E-state index contributed by atoms with van der Waals surface area (Å²) in [5.74, 6) is 2.60. The summed E-state index contributed by atoms with van der Waals surface area (Å²) < 4.78 is 5.00. The van der Waals surface area contributed by atoms with E-state index in [4.69, 9.17) is 15.6 Å². The van der Waals surface area contributed by atoms with Crippen molar-refractivity contribution in [3.63, 3.8) is 0 Å². The molecule has 2 bridgehead atoms. The van der Waals surface area contributed by atoms with Gasteiger partial charge >= 0.3 is 5.97 Å². The second kappa shape index (κ2) is 7.63. The predicted octanol–water partition coefficient (Wildman–Crippen LogP) is 3.23. The highest BCUT2D eigenvalue weighted by molar-refractivity contribution is 5.68. The summed E-state index contributed by atoms with van der Waals surface area (Å²) in [5.41, 5.74) is 6.83. The first-order valence-electron chi connectivity index (χ1n) is 8.13. The monoisotopic (exact) mass is 305 g/mol. The van der Waals surface area contributed by atoms with Crippen LogP contribution < -0.4 is 10.5 Å².